The number of phenolic OH excluding ortho intramolecular Hbond substituents is 1. The molecule has 0 amide bonds. The van der Waals surface area contributed by atoms with E-state index in [0.717, 1.165) is 41.0 Å². The normalized spacial score (nSPS) is 16.6. The molecule has 0 saturated carbocycles. The molecule has 0 spiro atoms. The fourth-order valence-corrected chi connectivity index (χ4v) is 6.06. The van der Waals surface area contributed by atoms with Gasteiger partial charge in [-0.2, -0.15) is 0 Å². The number of allylic oxidation sites excluding steroid dienone is 1. The number of thiazole rings is 1. The van der Waals surface area contributed by atoms with Crippen LogP contribution in [-0.2, 0) is 6.42 Å². The lowest BCUT2D eigenvalue weighted by molar-refractivity contribution is 0.373. The maximum absolute atomic E-state index is 13.8. The molecule has 1 N–H and O–H groups in total. The molecule has 0 unspecified atom stereocenters. The minimum absolute atomic E-state index is 0.00534. The van der Waals surface area contributed by atoms with Gasteiger partial charge in [-0.1, -0.05) is 59.9 Å². The lowest BCUT2D eigenvalue weighted by Gasteiger charge is -2.30. The van der Waals surface area contributed by atoms with E-state index in [1.54, 1.807) is 36.0 Å². The quantitative estimate of drug-likeness (QED) is 0.463. The second-order valence-electron chi connectivity index (χ2n) is 8.78. The van der Waals surface area contributed by atoms with Gasteiger partial charge in [-0.3, -0.25) is 9.36 Å². The van der Waals surface area contributed by atoms with E-state index >= 15 is 0 Å². The Morgan fingerprint density at radius 3 is 2.58 bits per heavy atom. The van der Waals surface area contributed by atoms with Crippen LogP contribution in [0, 0.1) is 0 Å². The molecule has 36 heavy (non-hydrogen) atoms. The van der Waals surface area contributed by atoms with E-state index in [4.69, 9.17) is 14.5 Å². The van der Waals surface area contributed by atoms with E-state index in [0.29, 0.717) is 20.6 Å². The van der Waals surface area contributed by atoms with Crippen molar-refractivity contribution in [3.63, 3.8) is 0 Å². The number of para-hydroxylation sites is 1. The van der Waals surface area contributed by atoms with E-state index in [9.17, 15) is 9.90 Å². The lowest BCUT2D eigenvalue weighted by Crippen LogP contribution is -2.38. The fourth-order valence-electron chi connectivity index (χ4n) is 5.07. The number of aryl methyl sites for hydroxylation is 1. The molecule has 0 radical (unpaired) electrons. The van der Waals surface area contributed by atoms with Gasteiger partial charge in [-0.15, -0.1) is 0 Å². The average Bonchev–Trinajstić information content (AvgIpc) is 3.23. The number of aromatic nitrogens is 1. The number of rotatable bonds is 4. The van der Waals surface area contributed by atoms with E-state index in [1.165, 1.54) is 24.0 Å². The Kier molecular flexibility index (Phi) is 5.49. The molecular weight excluding hydrogens is 472 g/mol. The van der Waals surface area contributed by atoms with Crippen LogP contribution in [0.5, 0.6) is 17.2 Å². The molecular formula is C29H24N2O4S. The topological polar surface area (TPSA) is 73.1 Å². The van der Waals surface area contributed by atoms with Gasteiger partial charge in [0.05, 0.1) is 30.5 Å². The van der Waals surface area contributed by atoms with Crippen LogP contribution >= 0.6 is 11.3 Å². The van der Waals surface area contributed by atoms with Crippen LogP contribution in [0.1, 0.15) is 34.7 Å². The molecule has 1 aliphatic carbocycles. The van der Waals surface area contributed by atoms with Crippen LogP contribution in [0.3, 0.4) is 0 Å². The summed E-state index contributed by atoms with van der Waals surface area (Å²) in [5.74, 6) is 1.13. The van der Waals surface area contributed by atoms with Gasteiger partial charge in [-0.25, -0.2) is 4.99 Å². The number of hydrogen-bond donors (Lipinski definition) is 1. The van der Waals surface area contributed by atoms with Crippen LogP contribution in [0.15, 0.2) is 82.1 Å². The van der Waals surface area contributed by atoms with E-state index in [2.05, 4.69) is 18.2 Å². The number of ether oxygens (including phenoxy) is 2. The molecule has 4 aromatic rings. The molecule has 2 heterocycles. The zero-order valence-electron chi connectivity index (χ0n) is 19.9. The zero-order chi connectivity index (χ0) is 24.8. The van der Waals surface area contributed by atoms with Crippen LogP contribution in [0.4, 0.5) is 0 Å². The minimum atomic E-state index is -0.267. The standard InChI is InChI=1S/C29H24N2O4S/c1-34-20-13-10-18(11-14-20)26-22-15-12-17-6-3-4-8-21(17)25(22)30-29-31(26)28(33)24(36-29)16-19-7-5-9-23(35-2)27(19)32/h3-11,13-14,16,26,32H,12,15H2,1-2H3/b24-16+/t26-/m0/s1. The first-order valence-electron chi connectivity index (χ1n) is 11.7. The smallest absolute Gasteiger partial charge is 0.271 e. The number of methoxy groups -OCH3 is 2. The first-order chi connectivity index (χ1) is 17.6. The molecule has 1 aliphatic heterocycles. The van der Waals surface area contributed by atoms with Crippen molar-refractivity contribution in [3.8, 4) is 17.2 Å². The Hall–Kier alpha value is -4.10. The third-order valence-corrected chi connectivity index (χ3v) is 7.82. The highest BCUT2D eigenvalue weighted by Crippen LogP contribution is 2.41. The van der Waals surface area contributed by atoms with Gasteiger partial charge in [0.15, 0.2) is 16.3 Å². The summed E-state index contributed by atoms with van der Waals surface area (Å²) in [6.07, 6.45) is 3.44. The Morgan fingerprint density at radius 1 is 1.00 bits per heavy atom. The molecule has 6 rings (SSSR count). The Labute approximate surface area is 211 Å². The lowest BCUT2D eigenvalue weighted by atomic mass is 9.83. The van der Waals surface area contributed by atoms with Crippen molar-refractivity contribution in [2.24, 2.45) is 4.99 Å². The van der Waals surface area contributed by atoms with E-state index in [1.807, 2.05) is 30.3 Å². The Bertz CT molecular complexity index is 1700. The summed E-state index contributed by atoms with van der Waals surface area (Å²) < 4.78 is 12.9. The first-order valence-corrected chi connectivity index (χ1v) is 12.5. The maximum atomic E-state index is 13.8. The summed E-state index contributed by atoms with van der Waals surface area (Å²) >= 11 is 1.33. The molecule has 1 atom stereocenters. The van der Waals surface area contributed by atoms with Crippen molar-refractivity contribution in [2.75, 3.05) is 14.2 Å². The summed E-state index contributed by atoms with van der Waals surface area (Å²) in [6, 6.07) is 21.2. The van der Waals surface area contributed by atoms with Crippen LogP contribution in [0.25, 0.3) is 11.8 Å². The van der Waals surface area contributed by atoms with Gasteiger partial charge in [0.1, 0.15) is 5.75 Å². The molecule has 0 fully saturated rings. The second-order valence-corrected chi connectivity index (χ2v) is 9.79. The van der Waals surface area contributed by atoms with Gasteiger partial charge in [-0.05, 0) is 53.8 Å². The second kappa shape index (κ2) is 8.84. The molecule has 0 saturated heterocycles. The molecule has 0 bridgehead atoms. The Balaban J connectivity index is 1.61. The molecule has 2 aliphatic rings. The zero-order valence-corrected chi connectivity index (χ0v) is 20.7. The van der Waals surface area contributed by atoms with Gasteiger partial charge >= 0.3 is 0 Å². The van der Waals surface area contributed by atoms with Crippen molar-refractivity contribution >= 4 is 23.1 Å². The average molecular weight is 497 g/mol. The van der Waals surface area contributed by atoms with E-state index in [-0.39, 0.29) is 17.4 Å². The van der Waals surface area contributed by atoms with Crippen LogP contribution < -0.4 is 24.4 Å². The molecule has 180 valence electrons. The third kappa shape index (κ3) is 3.55. The number of fused-ring (bicyclic) bond motifs is 3. The van der Waals surface area contributed by atoms with Crippen LogP contribution in [-0.4, -0.2) is 23.9 Å². The van der Waals surface area contributed by atoms with E-state index < -0.39 is 0 Å². The van der Waals surface area contributed by atoms with Crippen molar-refractivity contribution in [1.29, 1.82) is 0 Å². The van der Waals surface area contributed by atoms with Gasteiger partial charge in [0, 0.05) is 11.1 Å². The van der Waals surface area contributed by atoms with Gasteiger partial charge in [0.2, 0.25) is 0 Å². The summed E-state index contributed by atoms with van der Waals surface area (Å²) in [7, 11) is 3.15. The number of benzene rings is 3. The number of hydrogen-bond acceptors (Lipinski definition) is 6. The number of phenols is 1. The molecule has 7 heteroatoms. The fraction of sp³-hybridized carbons (Fsp3) is 0.172. The molecule has 6 nitrogen and oxygen atoms in total. The SMILES string of the molecule is COc1ccc([C@H]2C3=C(N=c4s/c(=C/c5cccc(OC)c5O)c(=O)n42)c2ccccc2CC3)cc1. The summed E-state index contributed by atoms with van der Waals surface area (Å²) in [5.41, 5.74) is 5.89. The van der Waals surface area contributed by atoms with Gasteiger partial charge < -0.3 is 14.6 Å². The first kappa shape index (κ1) is 22.4. The number of aromatic hydroxyl groups is 1. The van der Waals surface area contributed by atoms with Crippen molar-refractivity contribution in [3.05, 3.63) is 114 Å². The van der Waals surface area contributed by atoms with Crippen molar-refractivity contribution in [2.45, 2.75) is 18.9 Å². The van der Waals surface area contributed by atoms with Crippen molar-refractivity contribution in [1.82, 2.24) is 4.57 Å². The van der Waals surface area contributed by atoms with Crippen LogP contribution in [0.2, 0.25) is 0 Å². The summed E-state index contributed by atoms with van der Waals surface area (Å²) in [4.78, 5) is 19.5. The highest BCUT2D eigenvalue weighted by molar-refractivity contribution is 7.07. The Morgan fingerprint density at radius 2 is 1.81 bits per heavy atom. The maximum Gasteiger partial charge on any atom is 0.271 e. The molecule has 1 aromatic heterocycles. The monoisotopic (exact) mass is 496 g/mol. The highest BCUT2D eigenvalue weighted by Gasteiger charge is 2.32. The predicted octanol–water partition coefficient (Wildman–Crippen LogP) is 4.04. The largest absolute Gasteiger partial charge is 0.504 e. The predicted molar refractivity (Wildman–Crippen MR) is 140 cm³/mol. The third-order valence-electron chi connectivity index (χ3n) is 6.84. The summed E-state index contributed by atoms with van der Waals surface area (Å²) in [5, 5.41) is 10.6. The summed E-state index contributed by atoms with van der Waals surface area (Å²) in [6.45, 7) is 0. The minimum Gasteiger partial charge on any atom is -0.504 e. The highest BCUT2D eigenvalue weighted by atomic mass is 32.1. The van der Waals surface area contributed by atoms with Crippen molar-refractivity contribution < 1.29 is 14.6 Å². The number of nitrogens with zero attached hydrogens (tertiary/aromatic N) is 2. The van der Waals surface area contributed by atoms with Gasteiger partial charge in [0.25, 0.3) is 5.56 Å². The molecule has 3 aromatic carbocycles.